The van der Waals surface area contributed by atoms with Gasteiger partial charge in [0.2, 0.25) is 10.0 Å². The lowest BCUT2D eigenvalue weighted by Crippen LogP contribution is -2.23. The molecule has 0 fully saturated rings. The smallest absolute Gasteiger partial charge is 0.341 e. The summed E-state index contributed by atoms with van der Waals surface area (Å²) in [6, 6.07) is 8.93. The van der Waals surface area contributed by atoms with Crippen molar-refractivity contribution < 1.29 is 31.9 Å². The third-order valence-electron chi connectivity index (χ3n) is 3.68. The number of sulfonamides is 1. The van der Waals surface area contributed by atoms with Crippen LogP contribution in [0.1, 0.15) is 20.7 Å². The Morgan fingerprint density at radius 1 is 1.07 bits per heavy atom. The van der Waals surface area contributed by atoms with Gasteiger partial charge in [0.1, 0.15) is 11.6 Å². The van der Waals surface area contributed by atoms with E-state index in [1.807, 2.05) is 0 Å². The van der Waals surface area contributed by atoms with E-state index < -0.39 is 39.8 Å². The highest BCUT2D eigenvalue weighted by Gasteiger charge is 2.22. The Morgan fingerprint density at radius 2 is 1.70 bits per heavy atom. The molecule has 0 radical (unpaired) electrons. The molecule has 0 amide bonds. The SMILES string of the molecule is COc1ccc(C(=O)COC(=O)c2cc(S(=O)(=O)N(C)C)ccc2F)cc1. The van der Waals surface area contributed by atoms with Crippen molar-refractivity contribution in [3.05, 3.63) is 59.4 Å². The second-order valence-corrected chi connectivity index (χ2v) is 7.81. The number of esters is 1. The number of hydrogen-bond donors (Lipinski definition) is 0. The summed E-state index contributed by atoms with van der Waals surface area (Å²) in [6.45, 7) is -0.616. The minimum atomic E-state index is -3.85. The highest BCUT2D eigenvalue weighted by molar-refractivity contribution is 7.89. The van der Waals surface area contributed by atoms with Gasteiger partial charge in [0.05, 0.1) is 17.6 Å². The number of Topliss-reactive ketones (excluding diaryl/α,β-unsaturated/α-hetero) is 1. The van der Waals surface area contributed by atoms with Crippen LogP contribution in [0.4, 0.5) is 4.39 Å². The third-order valence-corrected chi connectivity index (χ3v) is 5.49. The van der Waals surface area contributed by atoms with E-state index in [9.17, 15) is 22.4 Å². The molecular formula is C18H18FNO6S. The van der Waals surface area contributed by atoms with Crippen molar-refractivity contribution in [1.82, 2.24) is 4.31 Å². The number of hydrogen-bond acceptors (Lipinski definition) is 6. The third kappa shape index (κ3) is 4.69. The van der Waals surface area contributed by atoms with E-state index in [1.54, 1.807) is 12.1 Å². The number of ether oxygens (including phenoxy) is 2. The van der Waals surface area contributed by atoms with E-state index in [1.165, 1.54) is 33.3 Å². The summed E-state index contributed by atoms with van der Waals surface area (Å²) < 4.78 is 48.9. The molecule has 0 N–H and O–H groups in total. The Bertz CT molecular complexity index is 954. The number of nitrogens with zero attached hydrogens (tertiary/aromatic N) is 1. The normalized spacial score (nSPS) is 11.3. The summed E-state index contributed by atoms with van der Waals surface area (Å²) in [5.41, 5.74) is -0.284. The number of methoxy groups -OCH3 is 1. The Labute approximate surface area is 156 Å². The fraction of sp³-hybridized carbons (Fsp3) is 0.222. The number of carbonyl (C=O) groups excluding carboxylic acids is 2. The van der Waals surface area contributed by atoms with Gasteiger partial charge in [-0.25, -0.2) is 21.9 Å². The molecule has 9 heteroatoms. The second kappa shape index (κ2) is 8.28. The Balaban J connectivity index is 2.14. The lowest BCUT2D eigenvalue weighted by molar-refractivity contribution is 0.0470. The highest BCUT2D eigenvalue weighted by Crippen LogP contribution is 2.19. The maximum Gasteiger partial charge on any atom is 0.341 e. The fourth-order valence-electron chi connectivity index (χ4n) is 2.10. The van der Waals surface area contributed by atoms with Gasteiger partial charge in [-0.05, 0) is 42.5 Å². The lowest BCUT2D eigenvalue weighted by Gasteiger charge is -2.12. The van der Waals surface area contributed by atoms with E-state index in [2.05, 4.69) is 0 Å². The molecule has 0 heterocycles. The molecule has 2 aromatic rings. The van der Waals surface area contributed by atoms with E-state index in [4.69, 9.17) is 9.47 Å². The standard InChI is InChI=1S/C18H18FNO6S/c1-20(2)27(23,24)14-8-9-16(19)15(10-14)18(22)26-11-17(21)12-4-6-13(25-3)7-5-12/h4-10H,11H2,1-3H3. The van der Waals surface area contributed by atoms with Gasteiger partial charge in [-0.3, -0.25) is 4.79 Å². The van der Waals surface area contributed by atoms with Crippen molar-refractivity contribution in [2.45, 2.75) is 4.90 Å². The zero-order valence-electron chi connectivity index (χ0n) is 14.9. The molecule has 0 aliphatic heterocycles. The van der Waals surface area contributed by atoms with Crippen LogP contribution in [-0.2, 0) is 14.8 Å². The Hall–Kier alpha value is -2.78. The first-order chi connectivity index (χ1) is 12.7. The molecule has 0 unspecified atom stereocenters. The lowest BCUT2D eigenvalue weighted by atomic mass is 10.1. The molecule has 0 aliphatic carbocycles. The van der Waals surface area contributed by atoms with Crippen molar-refractivity contribution in [3.8, 4) is 5.75 Å². The van der Waals surface area contributed by atoms with Gasteiger partial charge >= 0.3 is 5.97 Å². The Kier molecular flexibility index (Phi) is 6.29. The van der Waals surface area contributed by atoms with Crippen LogP contribution >= 0.6 is 0 Å². The zero-order valence-corrected chi connectivity index (χ0v) is 15.7. The molecule has 2 aromatic carbocycles. The molecule has 0 aliphatic rings. The molecule has 0 bridgehead atoms. The quantitative estimate of drug-likeness (QED) is 0.527. The molecule has 7 nitrogen and oxygen atoms in total. The molecule has 0 spiro atoms. The minimum Gasteiger partial charge on any atom is -0.497 e. The molecule has 144 valence electrons. The summed E-state index contributed by atoms with van der Waals surface area (Å²) in [4.78, 5) is 23.9. The van der Waals surface area contributed by atoms with Crippen LogP contribution in [0.5, 0.6) is 5.75 Å². The average Bonchev–Trinajstić information content (AvgIpc) is 2.65. The van der Waals surface area contributed by atoms with Crippen molar-refractivity contribution in [1.29, 1.82) is 0 Å². The van der Waals surface area contributed by atoms with Crippen LogP contribution in [0, 0.1) is 5.82 Å². The maximum atomic E-state index is 13.9. The van der Waals surface area contributed by atoms with Crippen molar-refractivity contribution in [2.75, 3.05) is 27.8 Å². The van der Waals surface area contributed by atoms with Crippen LogP contribution in [0.25, 0.3) is 0 Å². The maximum absolute atomic E-state index is 13.9. The average molecular weight is 395 g/mol. The van der Waals surface area contributed by atoms with Crippen LogP contribution in [0.3, 0.4) is 0 Å². The largest absolute Gasteiger partial charge is 0.497 e. The highest BCUT2D eigenvalue weighted by atomic mass is 32.2. The molecule has 0 saturated carbocycles. The number of carbonyl (C=O) groups is 2. The first kappa shape index (κ1) is 20.5. The topological polar surface area (TPSA) is 90.0 Å². The van der Waals surface area contributed by atoms with Crippen LogP contribution in [-0.4, -0.2) is 52.3 Å². The monoisotopic (exact) mass is 395 g/mol. The second-order valence-electron chi connectivity index (χ2n) is 5.66. The Morgan fingerprint density at radius 3 is 2.26 bits per heavy atom. The molecule has 27 heavy (non-hydrogen) atoms. The van der Waals surface area contributed by atoms with Crippen LogP contribution in [0.2, 0.25) is 0 Å². The fourth-order valence-corrected chi connectivity index (χ4v) is 3.03. The van der Waals surface area contributed by atoms with Gasteiger partial charge in [-0.2, -0.15) is 0 Å². The van der Waals surface area contributed by atoms with Gasteiger partial charge in [0.15, 0.2) is 12.4 Å². The summed E-state index contributed by atoms with van der Waals surface area (Å²) in [6.07, 6.45) is 0. The summed E-state index contributed by atoms with van der Waals surface area (Å²) in [7, 11) is 0.253. The predicted octanol–water partition coefficient (Wildman–Crippen LogP) is 2.12. The van der Waals surface area contributed by atoms with Crippen LogP contribution in [0.15, 0.2) is 47.4 Å². The summed E-state index contributed by atoms with van der Waals surface area (Å²) in [5.74, 6) is -2.02. The number of rotatable bonds is 7. The van der Waals surface area contributed by atoms with Crippen molar-refractivity contribution >= 4 is 21.8 Å². The first-order valence-electron chi connectivity index (χ1n) is 7.73. The van der Waals surface area contributed by atoms with E-state index in [-0.39, 0.29) is 10.5 Å². The van der Waals surface area contributed by atoms with E-state index >= 15 is 0 Å². The summed E-state index contributed by atoms with van der Waals surface area (Å²) in [5, 5.41) is 0. The molecule has 2 rings (SSSR count). The molecular weight excluding hydrogens is 377 g/mol. The minimum absolute atomic E-state index is 0.262. The van der Waals surface area contributed by atoms with Gasteiger partial charge < -0.3 is 9.47 Å². The van der Waals surface area contributed by atoms with Gasteiger partial charge in [0.25, 0.3) is 0 Å². The number of ketones is 1. The van der Waals surface area contributed by atoms with Crippen molar-refractivity contribution in [3.63, 3.8) is 0 Å². The van der Waals surface area contributed by atoms with Gasteiger partial charge in [-0.1, -0.05) is 0 Å². The summed E-state index contributed by atoms with van der Waals surface area (Å²) >= 11 is 0. The number of benzene rings is 2. The number of halogens is 1. The van der Waals surface area contributed by atoms with E-state index in [0.717, 1.165) is 22.5 Å². The predicted molar refractivity (Wildman–Crippen MR) is 94.9 cm³/mol. The van der Waals surface area contributed by atoms with Gasteiger partial charge in [0, 0.05) is 19.7 Å². The zero-order chi connectivity index (χ0) is 20.2. The van der Waals surface area contributed by atoms with Crippen molar-refractivity contribution in [2.24, 2.45) is 0 Å². The van der Waals surface area contributed by atoms with Crippen LogP contribution < -0.4 is 4.74 Å². The van der Waals surface area contributed by atoms with Gasteiger partial charge in [-0.15, -0.1) is 0 Å². The molecule has 0 saturated heterocycles. The molecule has 0 aromatic heterocycles. The first-order valence-corrected chi connectivity index (χ1v) is 9.17. The molecule has 0 atom stereocenters. The van der Waals surface area contributed by atoms with E-state index in [0.29, 0.717) is 5.75 Å².